The Kier molecular flexibility index (Phi) is 12.7. The summed E-state index contributed by atoms with van der Waals surface area (Å²) in [5.74, 6) is -2.55. The van der Waals surface area contributed by atoms with Crippen LogP contribution >= 0.6 is 0 Å². The molecule has 0 amide bonds. The third-order valence-electron chi connectivity index (χ3n) is 5.97. The number of aromatic carboxylic acids is 2. The van der Waals surface area contributed by atoms with Gasteiger partial charge >= 0.3 is 5.97 Å². The molecule has 0 fully saturated rings. The molecule has 0 saturated carbocycles. The van der Waals surface area contributed by atoms with Crippen molar-refractivity contribution in [3.8, 4) is 0 Å². The molecule has 0 saturated heterocycles. The summed E-state index contributed by atoms with van der Waals surface area (Å²) in [6, 6.07) is 9.32. The van der Waals surface area contributed by atoms with Crippen molar-refractivity contribution in [2.45, 2.75) is 69.1 Å². The number of hydrogen-bond donors (Lipinski definition) is 1. The summed E-state index contributed by atoms with van der Waals surface area (Å²) in [4.78, 5) is 21.2. The van der Waals surface area contributed by atoms with E-state index in [0.29, 0.717) is 0 Å². The maximum Gasteiger partial charge on any atom is 0.335 e. The molecular formula is C27H39NO6S. The van der Waals surface area contributed by atoms with Crippen LogP contribution in [0.1, 0.15) is 80.0 Å². The minimum absolute atomic E-state index is 0.0266. The van der Waals surface area contributed by atoms with Crippen molar-refractivity contribution in [3.05, 3.63) is 59.7 Å². The summed E-state index contributed by atoms with van der Waals surface area (Å²) in [7, 11) is -1.38. The molecule has 0 aliphatic heterocycles. The Morgan fingerprint density at radius 1 is 0.743 bits per heavy atom. The van der Waals surface area contributed by atoms with Crippen molar-refractivity contribution in [1.29, 1.82) is 0 Å². The molecule has 1 N–H and O–H groups in total. The molecule has 2 rings (SSSR count). The molecule has 8 heteroatoms. The molecule has 0 unspecified atom stereocenters. The maximum absolute atomic E-state index is 12.3. The number of sulfone groups is 1. The zero-order valence-electron chi connectivity index (χ0n) is 21.3. The number of carbonyl (C=O) groups excluding carboxylic acids is 1. The second kappa shape index (κ2) is 14.6. The molecule has 0 aliphatic carbocycles. The molecule has 194 valence electrons. The van der Waals surface area contributed by atoms with Gasteiger partial charge in [0.2, 0.25) is 9.84 Å². The van der Waals surface area contributed by atoms with Crippen LogP contribution in [0.5, 0.6) is 0 Å². The number of carboxylic acid groups (broad SMARTS) is 2. The van der Waals surface area contributed by atoms with Crippen molar-refractivity contribution < 1.29 is 32.7 Å². The standard InChI is InChI=1S/C14H10O6S.C13H30N/c15-13(16)9-1-5-11(6-2-9)21(19,20)12-7-3-10(4-8-12)14(17)18;1-5-8-11-14(4,12-9-6-2)13-10-7-3/h1-8H,(H,15,16)(H,17,18);5-13H2,1-4H3/q;+1/p-1. The van der Waals surface area contributed by atoms with Crippen LogP contribution in [0.2, 0.25) is 0 Å². The summed E-state index contributed by atoms with van der Waals surface area (Å²) >= 11 is 0. The van der Waals surface area contributed by atoms with E-state index in [9.17, 15) is 23.1 Å². The zero-order valence-corrected chi connectivity index (χ0v) is 22.1. The van der Waals surface area contributed by atoms with Crippen LogP contribution in [0.4, 0.5) is 0 Å². The van der Waals surface area contributed by atoms with E-state index in [1.54, 1.807) is 0 Å². The summed E-state index contributed by atoms with van der Waals surface area (Å²) in [5, 5.41) is 19.4. The summed E-state index contributed by atoms with van der Waals surface area (Å²) in [5.41, 5.74) is -0.156. The number of carbonyl (C=O) groups is 2. The molecule has 0 heterocycles. The molecule has 0 atom stereocenters. The molecule has 0 aliphatic rings. The molecule has 0 bridgehead atoms. The Labute approximate surface area is 209 Å². The summed E-state index contributed by atoms with van der Waals surface area (Å²) < 4.78 is 25.9. The zero-order chi connectivity index (χ0) is 26.5. The molecule has 0 radical (unpaired) electrons. The van der Waals surface area contributed by atoms with E-state index < -0.39 is 21.8 Å². The number of rotatable bonds is 13. The van der Waals surface area contributed by atoms with Gasteiger partial charge in [-0.1, -0.05) is 52.2 Å². The van der Waals surface area contributed by atoms with Crippen molar-refractivity contribution >= 4 is 21.8 Å². The monoisotopic (exact) mass is 505 g/mol. The van der Waals surface area contributed by atoms with E-state index in [1.165, 1.54) is 86.9 Å². The first-order valence-electron chi connectivity index (χ1n) is 12.2. The lowest BCUT2D eigenvalue weighted by Crippen LogP contribution is -2.46. The van der Waals surface area contributed by atoms with Gasteiger partial charge in [-0.15, -0.1) is 0 Å². The molecule has 0 aromatic heterocycles. The molecule has 2 aromatic carbocycles. The van der Waals surface area contributed by atoms with Crippen LogP contribution in [0.3, 0.4) is 0 Å². The fraction of sp³-hybridized carbons (Fsp3) is 0.481. The van der Waals surface area contributed by atoms with Gasteiger partial charge in [-0.05, 0) is 61.2 Å². The van der Waals surface area contributed by atoms with Gasteiger partial charge in [-0.25, -0.2) is 13.2 Å². The van der Waals surface area contributed by atoms with Gasteiger partial charge in [0.15, 0.2) is 0 Å². The van der Waals surface area contributed by atoms with Crippen molar-refractivity contribution in [1.82, 2.24) is 0 Å². The van der Waals surface area contributed by atoms with Gasteiger partial charge in [0, 0.05) is 0 Å². The maximum atomic E-state index is 12.3. The second-order valence-electron chi connectivity index (χ2n) is 9.00. The molecule has 7 nitrogen and oxygen atoms in total. The largest absolute Gasteiger partial charge is 0.545 e. The van der Waals surface area contributed by atoms with E-state index >= 15 is 0 Å². The van der Waals surface area contributed by atoms with Crippen LogP contribution in [-0.2, 0) is 9.84 Å². The van der Waals surface area contributed by atoms with Gasteiger partial charge in [0.25, 0.3) is 0 Å². The SMILES string of the molecule is CCCC[N+](C)(CCCC)CCCC.O=C([O-])c1ccc(S(=O)(=O)c2ccc(C(=O)O)cc2)cc1. The lowest BCUT2D eigenvalue weighted by atomic mass is 10.2. The average molecular weight is 506 g/mol. The van der Waals surface area contributed by atoms with E-state index in [-0.39, 0.29) is 20.9 Å². The summed E-state index contributed by atoms with van der Waals surface area (Å²) in [6.45, 7) is 11.0. The minimum Gasteiger partial charge on any atom is -0.545 e. The predicted octanol–water partition coefficient (Wildman–Crippen LogP) is 4.41. The smallest absolute Gasteiger partial charge is 0.335 e. The number of unbranched alkanes of at least 4 members (excludes halogenated alkanes) is 3. The molecule has 35 heavy (non-hydrogen) atoms. The Hall–Kier alpha value is -2.71. The van der Waals surface area contributed by atoms with Crippen molar-refractivity contribution in [2.75, 3.05) is 26.7 Å². The lowest BCUT2D eigenvalue weighted by Gasteiger charge is -2.34. The Morgan fingerprint density at radius 3 is 1.37 bits per heavy atom. The van der Waals surface area contributed by atoms with E-state index in [4.69, 9.17) is 5.11 Å². The highest BCUT2D eigenvalue weighted by Gasteiger charge is 2.19. The van der Waals surface area contributed by atoms with Gasteiger partial charge in [0.05, 0.1) is 48.0 Å². The highest BCUT2D eigenvalue weighted by molar-refractivity contribution is 7.91. The van der Waals surface area contributed by atoms with E-state index in [2.05, 4.69) is 27.8 Å². The third-order valence-corrected chi connectivity index (χ3v) is 7.75. The fourth-order valence-electron chi connectivity index (χ4n) is 3.64. The Morgan fingerprint density at radius 2 is 1.09 bits per heavy atom. The lowest BCUT2D eigenvalue weighted by molar-refractivity contribution is -0.910. The number of quaternary nitrogens is 1. The molecule has 0 spiro atoms. The first-order chi connectivity index (χ1) is 16.5. The number of carboxylic acids is 2. The topological polar surface area (TPSA) is 112 Å². The van der Waals surface area contributed by atoms with Crippen LogP contribution in [0.25, 0.3) is 0 Å². The molecular weight excluding hydrogens is 466 g/mol. The normalized spacial score (nSPS) is 11.4. The summed E-state index contributed by atoms with van der Waals surface area (Å²) in [6.07, 6.45) is 8.20. The highest BCUT2D eigenvalue weighted by atomic mass is 32.2. The van der Waals surface area contributed by atoms with Crippen LogP contribution in [0.15, 0.2) is 58.3 Å². The van der Waals surface area contributed by atoms with E-state index in [0.717, 1.165) is 24.3 Å². The first kappa shape index (κ1) is 30.3. The van der Waals surface area contributed by atoms with Gasteiger partial charge in [0.1, 0.15) is 0 Å². The van der Waals surface area contributed by atoms with Gasteiger partial charge in [-0.3, -0.25) is 0 Å². The predicted molar refractivity (Wildman–Crippen MR) is 135 cm³/mol. The van der Waals surface area contributed by atoms with Gasteiger partial charge in [-0.2, -0.15) is 0 Å². The minimum atomic E-state index is -3.83. The first-order valence-corrected chi connectivity index (χ1v) is 13.7. The second-order valence-corrected chi connectivity index (χ2v) is 10.9. The Balaban J connectivity index is 0.000000383. The van der Waals surface area contributed by atoms with Crippen LogP contribution < -0.4 is 5.11 Å². The highest BCUT2D eigenvalue weighted by Crippen LogP contribution is 2.21. The fourth-order valence-corrected chi connectivity index (χ4v) is 4.90. The number of benzene rings is 2. The van der Waals surface area contributed by atoms with E-state index in [1.807, 2.05) is 0 Å². The van der Waals surface area contributed by atoms with Crippen molar-refractivity contribution in [3.63, 3.8) is 0 Å². The number of hydrogen-bond acceptors (Lipinski definition) is 5. The Bertz CT molecular complexity index is 945. The van der Waals surface area contributed by atoms with Crippen LogP contribution in [0, 0.1) is 0 Å². The molecule has 2 aromatic rings. The van der Waals surface area contributed by atoms with Gasteiger partial charge < -0.3 is 19.5 Å². The average Bonchev–Trinajstić information content (AvgIpc) is 2.85. The number of nitrogens with zero attached hydrogens (tertiary/aromatic N) is 1. The van der Waals surface area contributed by atoms with Crippen LogP contribution in [-0.4, -0.2) is 56.6 Å². The third kappa shape index (κ3) is 9.82. The quantitative estimate of drug-likeness (QED) is 0.404. The van der Waals surface area contributed by atoms with Crippen molar-refractivity contribution in [2.24, 2.45) is 0 Å².